The summed E-state index contributed by atoms with van der Waals surface area (Å²) in [4.78, 5) is 0. The van der Waals surface area contributed by atoms with E-state index in [2.05, 4.69) is 0 Å². The van der Waals surface area contributed by atoms with E-state index in [4.69, 9.17) is 13.6 Å². The molecule has 3 aromatic rings. The summed E-state index contributed by atoms with van der Waals surface area (Å²) < 4.78 is 58.2. The van der Waals surface area contributed by atoms with Crippen LogP contribution in [0.5, 0.6) is 0 Å². The Morgan fingerprint density at radius 1 is 0.607 bits per heavy atom. The van der Waals surface area contributed by atoms with Crippen molar-refractivity contribution >= 4 is 8.60 Å². The molecule has 3 nitrogen and oxygen atoms in total. The van der Waals surface area contributed by atoms with Gasteiger partial charge in [-0.05, 0) is 53.1 Å². The summed E-state index contributed by atoms with van der Waals surface area (Å²) >= 11 is 0. The van der Waals surface area contributed by atoms with Crippen molar-refractivity contribution < 1.29 is 26.7 Å². The average Bonchev–Trinajstić information content (AvgIpc) is 3.21. The molecule has 0 saturated carbocycles. The monoisotopic (exact) mass is 404 g/mol. The van der Waals surface area contributed by atoms with Crippen LogP contribution >= 0.6 is 8.60 Å². The van der Waals surface area contributed by atoms with Gasteiger partial charge >= 0.3 is 8.60 Å². The molecule has 0 spiro atoms. The lowest BCUT2D eigenvalue weighted by Gasteiger charge is -2.36. The van der Waals surface area contributed by atoms with E-state index >= 15 is 0 Å². The van der Waals surface area contributed by atoms with Crippen LogP contribution in [0, 0.1) is 17.5 Å². The molecule has 3 aromatic carbocycles. The molecule has 4 rings (SSSR count). The van der Waals surface area contributed by atoms with E-state index in [9.17, 15) is 13.2 Å². The Kier molecular flexibility index (Phi) is 5.47. The van der Waals surface area contributed by atoms with Crippen molar-refractivity contribution in [3.05, 3.63) is 107 Å². The minimum atomic E-state index is -1.71. The fourth-order valence-electron chi connectivity index (χ4n) is 3.14. The second-order valence-electron chi connectivity index (χ2n) is 6.18. The zero-order chi connectivity index (χ0) is 19.6. The highest BCUT2D eigenvalue weighted by molar-refractivity contribution is 7.42. The molecule has 1 heterocycles. The van der Waals surface area contributed by atoms with Gasteiger partial charge in [0.25, 0.3) is 0 Å². The van der Waals surface area contributed by atoms with Crippen LogP contribution in [0.3, 0.4) is 0 Å². The molecule has 1 aliphatic heterocycles. The van der Waals surface area contributed by atoms with Crippen LogP contribution < -0.4 is 0 Å². The van der Waals surface area contributed by atoms with Gasteiger partial charge in [-0.1, -0.05) is 36.4 Å². The lowest BCUT2D eigenvalue weighted by molar-refractivity contribution is 0.127. The summed E-state index contributed by atoms with van der Waals surface area (Å²) in [6, 6.07) is 17.3. The zero-order valence-corrected chi connectivity index (χ0v) is 15.5. The third-order valence-corrected chi connectivity index (χ3v) is 5.65. The summed E-state index contributed by atoms with van der Waals surface area (Å²) in [6.45, 7) is 0.774. The first-order chi connectivity index (χ1) is 13.6. The number of halogens is 3. The van der Waals surface area contributed by atoms with Crippen molar-refractivity contribution in [1.29, 1.82) is 0 Å². The predicted molar refractivity (Wildman–Crippen MR) is 99.0 cm³/mol. The van der Waals surface area contributed by atoms with Gasteiger partial charge in [0, 0.05) is 0 Å². The summed E-state index contributed by atoms with van der Waals surface area (Å²) in [7, 11) is -1.71. The quantitative estimate of drug-likeness (QED) is 0.404. The molecule has 0 radical (unpaired) electrons. The Hall–Kier alpha value is -2.24. The summed E-state index contributed by atoms with van der Waals surface area (Å²) in [5.74, 6) is -1.22. The maximum Gasteiger partial charge on any atom is 0.334 e. The Balaban J connectivity index is 1.95. The SMILES string of the molecule is Fc1ccc(C(OP2OCCO2)(c2ccc(F)cc2)c2ccc(F)cc2)cc1. The van der Waals surface area contributed by atoms with Crippen molar-refractivity contribution in [2.75, 3.05) is 13.2 Å². The molecule has 144 valence electrons. The van der Waals surface area contributed by atoms with E-state index in [0.29, 0.717) is 29.9 Å². The Bertz CT molecular complexity index is 814. The third-order valence-electron chi connectivity index (χ3n) is 4.44. The van der Waals surface area contributed by atoms with Gasteiger partial charge in [-0.25, -0.2) is 13.2 Å². The summed E-state index contributed by atoms with van der Waals surface area (Å²) in [6.07, 6.45) is 0. The molecule has 1 saturated heterocycles. The second kappa shape index (κ2) is 8.02. The Labute approximate surface area is 161 Å². The Morgan fingerprint density at radius 2 is 0.929 bits per heavy atom. The van der Waals surface area contributed by atoms with Crippen molar-refractivity contribution in [2.24, 2.45) is 0 Å². The Morgan fingerprint density at radius 3 is 1.25 bits per heavy atom. The fourth-order valence-corrected chi connectivity index (χ4v) is 4.30. The van der Waals surface area contributed by atoms with Gasteiger partial charge in [0.15, 0.2) is 5.60 Å². The van der Waals surface area contributed by atoms with E-state index in [-0.39, 0.29) is 0 Å². The average molecular weight is 404 g/mol. The van der Waals surface area contributed by atoms with Gasteiger partial charge < -0.3 is 9.05 Å². The van der Waals surface area contributed by atoms with Crippen molar-refractivity contribution in [2.45, 2.75) is 5.60 Å². The lowest BCUT2D eigenvalue weighted by Crippen LogP contribution is -2.31. The molecule has 1 aliphatic rings. The van der Waals surface area contributed by atoms with Crippen molar-refractivity contribution in [1.82, 2.24) is 0 Å². The smallest absolute Gasteiger partial charge is 0.310 e. The molecular formula is C21H16F3O3P. The molecule has 0 bridgehead atoms. The minimum Gasteiger partial charge on any atom is -0.310 e. The topological polar surface area (TPSA) is 27.7 Å². The summed E-state index contributed by atoms with van der Waals surface area (Å²) in [5, 5.41) is 0. The number of benzene rings is 3. The van der Waals surface area contributed by atoms with Gasteiger partial charge in [-0.2, -0.15) is 0 Å². The highest BCUT2D eigenvalue weighted by Gasteiger charge is 2.42. The molecule has 0 N–H and O–H groups in total. The van der Waals surface area contributed by atoms with Crippen LogP contribution in [0.1, 0.15) is 16.7 Å². The molecule has 28 heavy (non-hydrogen) atoms. The highest BCUT2D eigenvalue weighted by Crippen LogP contribution is 2.54. The third kappa shape index (κ3) is 3.69. The van der Waals surface area contributed by atoms with E-state index in [0.717, 1.165) is 0 Å². The number of hydrogen-bond acceptors (Lipinski definition) is 3. The first-order valence-corrected chi connectivity index (χ1v) is 9.71. The van der Waals surface area contributed by atoms with Gasteiger partial charge in [0.2, 0.25) is 0 Å². The lowest BCUT2D eigenvalue weighted by atomic mass is 9.80. The van der Waals surface area contributed by atoms with Crippen LogP contribution in [0.15, 0.2) is 72.8 Å². The molecule has 7 heteroatoms. The van der Waals surface area contributed by atoms with Crippen molar-refractivity contribution in [3.8, 4) is 0 Å². The number of hydrogen-bond donors (Lipinski definition) is 0. The van der Waals surface area contributed by atoms with Crippen LogP contribution in [0.4, 0.5) is 13.2 Å². The van der Waals surface area contributed by atoms with Crippen LogP contribution in [-0.4, -0.2) is 13.2 Å². The first-order valence-electron chi connectivity index (χ1n) is 8.61. The van der Waals surface area contributed by atoms with Gasteiger partial charge in [0.05, 0.1) is 13.2 Å². The van der Waals surface area contributed by atoms with Gasteiger partial charge in [0.1, 0.15) is 17.5 Å². The largest absolute Gasteiger partial charge is 0.334 e. The molecule has 0 aromatic heterocycles. The molecule has 0 amide bonds. The van der Waals surface area contributed by atoms with E-state index < -0.39 is 31.7 Å². The number of rotatable bonds is 5. The molecule has 0 aliphatic carbocycles. The van der Waals surface area contributed by atoms with Crippen LogP contribution in [0.25, 0.3) is 0 Å². The predicted octanol–water partition coefficient (Wildman–Crippen LogP) is 5.69. The maximum atomic E-state index is 13.6. The van der Waals surface area contributed by atoms with Crippen LogP contribution in [-0.2, 0) is 19.2 Å². The fraction of sp³-hybridized carbons (Fsp3) is 0.143. The summed E-state index contributed by atoms with van der Waals surface area (Å²) in [5.41, 5.74) is 0.432. The van der Waals surface area contributed by atoms with Crippen molar-refractivity contribution in [3.63, 3.8) is 0 Å². The molecule has 1 fully saturated rings. The van der Waals surface area contributed by atoms with Gasteiger partial charge in [-0.3, -0.25) is 4.52 Å². The normalized spacial score (nSPS) is 15.1. The van der Waals surface area contributed by atoms with Gasteiger partial charge in [-0.15, -0.1) is 0 Å². The highest BCUT2D eigenvalue weighted by atomic mass is 31.2. The molecule has 0 unspecified atom stereocenters. The van der Waals surface area contributed by atoms with E-state index in [1.807, 2.05) is 0 Å². The maximum absolute atomic E-state index is 13.6. The first kappa shape index (κ1) is 19.1. The molecular weight excluding hydrogens is 388 g/mol. The van der Waals surface area contributed by atoms with E-state index in [1.165, 1.54) is 36.4 Å². The standard InChI is InChI=1S/C21H16F3O3P/c22-18-7-1-15(2-8-18)21(27-28-25-13-14-26-28,16-3-9-19(23)10-4-16)17-5-11-20(24)12-6-17/h1-12H,13-14H2. The second-order valence-corrected chi connectivity index (χ2v) is 7.33. The molecule has 0 atom stereocenters. The van der Waals surface area contributed by atoms with Crippen LogP contribution in [0.2, 0.25) is 0 Å². The minimum absolute atomic E-state index is 0.387. The zero-order valence-electron chi connectivity index (χ0n) is 14.6. The van der Waals surface area contributed by atoms with E-state index in [1.54, 1.807) is 36.4 Å².